The molecule has 1 amide bonds. The van der Waals surface area contributed by atoms with Crippen molar-refractivity contribution in [2.45, 2.75) is 32.6 Å². The standard InChI is InChI=1S/C20H28N2O4/c1-14(23)16-12-18(26-3)17(25-2)10-15(16)11-19(24)22-9-6-20(13-22)4-7-21-8-5-20/h10,12,21H,4-9,11,13H2,1-3H3. The van der Waals surface area contributed by atoms with Gasteiger partial charge in [0.2, 0.25) is 5.91 Å². The molecule has 0 atom stereocenters. The van der Waals surface area contributed by atoms with Crippen molar-refractivity contribution in [2.75, 3.05) is 40.4 Å². The highest BCUT2D eigenvalue weighted by atomic mass is 16.5. The number of ether oxygens (including phenoxy) is 2. The van der Waals surface area contributed by atoms with Gasteiger partial charge in [-0.05, 0) is 62.4 Å². The van der Waals surface area contributed by atoms with Gasteiger partial charge in [-0.25, -0.2) is 0 Å². The summed E-state index contributed by atoms with van der Waals surface area (Å²) in [4.78, 5) is 26.9. The highest BCUT2D eigenvalue weighted by Gasteiger charge is 2.40. The van der Waals surface area contributed by atoms with E-state index in [9.17, 15) is 9.59 Å². The van der Waals surface area contributed by atoms with E-state index in [1.807, 2.05) is 4.90 Å². The number of nitrogens with zero attached hydrogens (tertiary/aromatic N) is 1. The summed E-state index contributed by atoms with van der Waals surface area (Å²) in [7, 11) is 3.09. The first-order valence-electron chi connectivity index (χ1n) is 9.22. The smallest absolute Gasteiger partial charge is 0.227 e. The van der Waals surface area contributed by atoms with E-state index >= 15 is 0 Å². The SMILES string of the molecule is COc1cc(CC(=O)N2CCC3(CCNCC3)C2)c(C(C)=O)cc1OC. The molecule has 3 rings (SSSR count). The van der Waals surface area contributed by atoms with Crippen molar-refractivity contribution >= 4 is 11.7 Å². The first kappa shape index (κ1) is 18.7. The molecule has 2 heterocycles. The second kappa shape index (κ2) is 7.66. The Kier molecular flexibility index (Phi) is 5.51. The largest absolute Gasteiger partial charge is 0.493 e. The number of benzene rings is 1. The maximum absolute atomic E-state index is 12.9. The minimum atomic E-state index is -0.0787. The van der Waals surface area contributed by atoms with Crippen LogP contribution < -0.4 is 14.8 Å². The summed E-state index contributed by atoms with van der Waals surface area (Å²) < 4.78 is 10.6. The van der Waals surface area contributed by atoms with Crippen LogP contribution in [0.5, 0.6) is 11.5 Å². The van der Waals surface area contributed by atoms with Crippen LogP contribution in [0.1, 0.15) is 42.1 Å². The van der Waals surface area contributed by atoms with Crippen LogP contribution in [-0.2, 0) is 11.2 Å². The van der Waals surface area contributed by atoms with Crippen molar-refractivity contribution in [2.24, 2.45) is 5.41 Å². The number of nitrogens with one attached hydrogen (secondary N) is 1. The van der Waals surface area contributed by atoms with Crippen molar-refractivity contribution in [3.63, 3.8) is 0 Å². The van der Waals surface area contributed by atoms with Gasteiger partial charge in [0.15, 0.2) is 17.3 Å². The molecule has 0 radical (unpaired) electrons. The number of carbonyl (C=O) groups is 2. The van der Waals surface area contributed by atoms with E-state index in [0.717, 1.165) is 45.4 Å². The average molecular weight is 360 g/mol. The van der Waals surface area contributed by atoms with Gasteiger partial charge in [-0.15, -0.1) is 0 Å². The molecule has 2 fully saturated rings. The fraction of sp³-hybridized carbons (Fsp3) is 0.600. The lowest BCUT2D eigenvalue weighted by Gasteiger charge is -2.33. The number of carbonyl (C=O) groups excluding carboxylic acids is 2. The Balaban J connectivity index is 1.77. The third-order valence-corrected chi connectivity index (χ3v) is 5.79. The molecular weight excluding hydrogens is 332 g/mol. The Morgan fingerprint density at radius 3 is 2.38 bits per heavy atom. The number of amides is 1. The highest BCUT2D eigenvalue weighted by Crippen LogP contribution is 2.39. The van der Waals surface area contributed by atoms with Gasteiger partial charge in [0.05, 0.1) is 20.6 Å². The average Bonchev–Trinajstić information content (AvgIpc) is 3.05. The van der Waals surface area contributed by atoms with Gasteiger partial charge in [0.1, 0.15) is 0 Å². The van der Waals surface area contributed by atoms with E-state index in [1.54, 1.807) is 19.2 Å². The van der Waals surface area contributed by atoms with E-state index < -0.39 is 0 Å². The topological polar surface area (TPSA) is 67.9 Å². The van der Waals surface area contributed by atoms with E-state index in [0.29, 0.717) is 22.6 Å². The number of hydrogen-bond donors (Lipinski definition) is 1. The lowest BCUT2D eigenvalue weighted by Crippen LogP contribution is -2.40. The monoisotopic (exact) mass is 360 g/mol. The predicted octanol–water partition coefficient (Wildman–Crippen LogP) is 2.05. The van der Waals surface area contributed by atoms with Crippen LogP contribution in [0, 0.1) is 5.41 Å². The van der Waals surface area contributed by atoms with Gasteiger partial charge in [-0.2, -0.15) is 0 Å². The molecule has 1 spiro atoms. The number of methoxy groups -OCH3 is 2. The Bertz CT molecular complexity index is 695. The van der Waals surface area contributed by atoms with Crippen molar-refractivity contribution in [3.05, 3.63) is 23.3 Å². The van der Waals surface area contributed by atoms with Gasteiger partial charge in [-0.1, -0.05) is 0 Å². The lowest BCUT2D eigenvalue weighted by molar-refractivity contribution is -0.129. The lowest BCUT2D eigenvalue weighted by atomic mass is 9.78. The molecule has 0 aromatic heterocycles. The molecule has 2 saturated heterocycles. The van der Waals surface area contributed by atoms with E-state index in [2.05, 4.69) is 5.32 Å². The third-order valence-electron chi connectivity index (χ3n) is 5.79. The maximum Gasteiger partial charge on any atom is 0.227 e. The van der Waals surface area contributed by atoms with Crippen LogP contribution in [0.2, 0.25) is 0 Å². The molecule has 2 aliphatic heterocycles. The zero-order valence-electron chi connectivity index (χ0n) is 15.9. The van der Waals surface area contributed by atoms with Gasteiger partial charge in [0.25, 0.3) is 0 Å². The summed E-state index contributed by atoms with van der Waals surface area (Å²) in [6.07, 6.45) is 3.55. The quantitative estimate of drug-likeness (QED) is 0.814. The zero-order chi connectivity index (χ0) is 18.7. The van der Waals surface area contributed by atoms with Crippen LogP contribution in [0.25, 0.3) is 0 Å². The van der Waals surface area contributed by atoms with Crippen molar-refractivity contribution in [1.82, 2.24) is 10.2 Å². The predicted molar refractivity (Wildman–Crippen MR) is 99.0 cm³/mol. The molecule has 1 N–H and O–H groups in total. The summed E-state index contributed by atoms with van der Waals surface area (Å²) in [6, 6.07) is 3.42. The Hall–Kier alpha value is -2.08. The van der Waals surface area contributed by atoms with Crippen LogP contribution in [0.3, 0.4) is 0 Å². The third kappa shape index (κ3) is 3.70. The van der Waals surface area contributed by atoms with Crippen LogP contribution >= 0.6 is 0 Å². The first-order chi connectivity index (χ1) is 12.5. The van der Waals surface area contributed by atoms with E-state index in [-0.39, 0.29) is 23.5 Å². The van der Waals surface area contributed by atoms with Crippen molar-refractivity contribution in [3.8, 4) is 11.5 Å². The van der Waals surface area contributed by atoms with Gasteiger partial charge in [0, 0.05) is 18.7 Å². The number of piperidine rings is 1. The Morgan fingerprint density at radius 2 is 1.77 bits per heavy atom. The summed E-state index contributed by atoms with van der Waals surface area (Å²) >= 11 is 0. The van der Waals surface area contributed by atoms with E-state index in [1.165, 1.54) is 14.0 Å². The van der Waals surface area contributed by atoms with Gasteiger partial charge < -0.3 is 19.7 Å². The summed E-state index contributed by atoms with van der Waals surface area (Å²) in [6.45, 7) is 5.21. The first-order valence-corrected chi connectivity index (χ1v) is 9.22. The highest BCUT2D eigenvalue weighted by molar-refractivity contribution is 5.97. The summed E-state index contributed by atoms with van der Waals surface area (Å²) in [5, 5.41) is 3.40. The van der Waals surface area contributed by atoms with Crippen molar-refractivity contribution < 1.29 is 19.1 Å². The number of rotatable bonds is 5. The van der Waals surface area contributed by atoms with E-state index in [4.69, 9.17) is 9.47 Å². The summed E-state index contributed by atoms with van der Waals surface area (Å²) in [5.41, 5.74) is 1.50. The second-order valence-corrected chi connectivity index (χ2v) is 7.41. The number of likely N-dealkylation sites (tertiary alicyclic amines) is 1. The fourth-order valence-corrected chi connectivity index (χ4v) is 4.18. The van der Waals surface area contributed by atoms with Crippen LogP contribution in [0.4, 0.5) is 0 Å². The van der Waals surface area contributed by atoms with Crippen LogP contribution in [-0.4, -0.2) is 57.0 Å². The Labute approximate surface area is 154 Å². The minimum absolute atomic E-state index is 0.0787. The molecule has 2 aliphatic rings. The second-order valence-electron chi connectivity index (χ2n) is 7.41. The minimum Gasteiger partial charge on any atom is -0.493 e. The van der Waals surface area contributed by atoms with Crippen LogP contribution in [0.15, 0.2) is 12.1 Å². The molecule has 142 valence electrons. The number of Topliss-reactive ketones (excluding diaryl/α,β-unsaturated/α-hetero) is 1. The molecule has 0 aliphatic carbocycles. The normalized spacial score (nSPS) is 18.8. The molecular formula is C20H28N2O4. The fourth-order valence-electron chi connectivity index (χ4n) is 4.18. The number of hydrogen-bond acceptors (Lipinski definition) is 5. The molecule has 1 aromatic rings. The molecule has 1 aromatic carbocycles. The van der Waals surface area contributed by atoms with Gasteiger partial charge >= 0.3 is 0 Å². The van der Waals surface area contributed by atoms with Crippen molar-refractivity contribution in [1.29, 1.82) is 0 Å². The molecule has 26 heavy (non-hydrogen) atoms. The molecule has 0 saturated carbocycles. The van der Waals surface area contributed by atoms with Gasteiger partial charge in [-0.3, -0.25) is 9.59 Å². The molecule has 0 unspecified atom stereocenters. The number of ketones is 1. The molecule has 6 nitrogen and oxygen atoms in total. The summed E-state index contributed by atoms with van der Waals surface area (Å²) in [5.74, 6) is 1.04. The zero-order valence-corrected chi connectivity index (χ0v) is 15.9. The molecule has 0 bridgehead atoms. The Morgan fingerprint density at radius 1 is 1.12 bits per heavy atom. The maximum atomic E-state index is 12.9. The molecule has 6 heteroatoms.